The van der Waals surface area contributed by atoms with Crippen molar-refractivity contribution in [3.8, 4) is 5.75 Å². The summed E-state index contributed by atoms with van der Waals surface area (Å²) in [4.78, 5) is 37.4. The zero-order valence-corrected chi connectivity index (χ0v) is 15.0. The van der Waals surface area contributed by atoms with Gasteiger partial charge in [-0.15, -0.1) is 0 Å². The van der Waals surface area contributed by atoms with Crippen molar-refractivity contribution < 1.29 is 18.7 Å². The van der Waals surface area contributed by atoms with Crippen LogP contribution in [0.15, 0.2) is 56.1 Å². The Morgan fingerprint density at radius 3 is 2.52 bits per heavy atom. The number of ether oxygens (including phenoxy) is 1. The summed E-state index contributed by atoms with van der Waals surface area (Å²) in [6.45, 7) is 1.23. The number of carbonyl (C=O) groups is 2. The fraction of sp³-hybridized carbons (Fsp3) is 0.105. The van der Waals surface area contributed by atoms with Gasteiger partial charge in [-0.25, -0.2) is 4.79 Å². The lowest BCUT2D eigenvalue weighted by Gasteiger charge is -2.10. The Morgan fingerprint density at radius 2 is 1.84 bits per heavy atom. The summed E-state index contributed by atoms with van der Waals surface area (Å²) in [7, 11) is 1.49. The lowest BCUT2D eigenvalue weighted by Crippen LogP contribution is -2.19. The molecule has 0 aliphatic heterocycles. The molecule has 0 radical (unpaired) electrons. The molecule has 0 fully saturated rings. The third-order valence-corrected chi connectivity index (χ3v) is 4.27. The van der Waals surface area contributed by atoms with E-state index in [1.807, 2.05) is 0 Å². The zero-order chi connectivity index (χ0) is 18.1. The fourth-order valence-electron chi connectivity index (χ4n) is 2.64. The van der Waals surface area contributed by atoms with Gasteiger partial charge in [0, 0.05) is 15.4 Å². The molecular formula is C19H13BrO5. The van der Waals surface area contributed by atoms with E-state index in [1.165, 1.54) is 14.0 Å². The van der Waals surface area contributed by atoms with Crippen LogP contribution in [-0.2, 0) is 0 Å². The number of methoxy groups -OCH3 is 1. The van der Waals surface area contributed by atoms with Crippen LogP contribution in [0.3, 0.4) is 0 Å². The smallest absolute Gasteiger partial charge is 0.347 e. The maximum Gasteiger partial charge on any atom is 0.347 e. The van der Waals surface area contributed by atoms with E-state index in [-0.39, 0.29) is 16.7 Å². The molecule has 1 aromatic heterocycles. The zero-order valence-electron chi connectivity index (χ0n) is 13.5. The molecule has 0 bridgehead atoms. The fourth-order valence-corrected chi connectivity index (χ4v) is 3.00. The maximum absolute atomic E-state index is 13.1. The van der Waals surface area contributed by atoms with Crippen molar-refractivity contribution in [1.29, 1.82) is 0 Å². The minimum absolute atomic E-state index is 0.0355. The van der Waals surface area contributed by atoms with Gasteiger partial charge in [-0.3, -0.25) is 9.59 Å². The van der Waals surface area contributed by atoms with Crippen LogP contribution in [0.25, 0.3) is 11.0 Å². The number of carbonyl (C=O) groups excluding carboxylic acids is 2. The molecule has 1 heterocycles. The van der Waals surface area contributed by atoms with Gasteiger partial charge in [0.05, 0.1) is 12.7 Å². The highest BCUT2D eigenvalue weighted by Crippen LogP contribution is 2.27. The van der Waals surface area contributed by atoms with Gasteiger partial charge in [-0.2, -0.15) is 0 Å². The first kappa shape index (κ1) is 17.1. The Bertz CT molecular complexity index is 1070. The molecule has 0 atom stereocenters. The van der Waals surface area contributed by atoms with Gasteiger partial charge >= 0.3 is 5.63 Å². The lowest BCUT2D eigenvalue weighted by molar-refractivity contribution is 0.0987. The topological polar surface area (TPSA) is 73.6 Å². The predicted octanol–water partition coefficient (Wildman–Crippen LogP) is 4.00. The standard InChI is InChI=1S/C19H13BrO5/c1-10(21)16-17(18(22)11-4-3-5-13(8-11)24-2)14-9-12(20)6-7-15(14)25-19(16)23/h3-9H,1-2H3. The molecule has 0 saturated carbocycles. The van der Waals surface area contributed by atoms with Crippen molar-refractivity contribution in [3.05, 3.63) is 74.0 Å². The summed E-state index contributed by atoms with van der Waals surface area (Å²) >= 11 is 3.34. The Morgan fingerprint density at radius 1 is 1.08 bits per heavy atom. The number of benzene rings is 2. The molecular weight excluding hydrogens is 388 g/mol. The molecule has 0 N–H and O–H groups in total. The number of ketones is 2. The first-order valence-electron chi connectivity index (χ1n) is 7.38. The molecule has 2 aromatic carbocycles. The maximum atomic E-state index is 13.1. The lowest BCUT2D eigenvalue weighted by atomic mass is 9.94. The minimum atomic E-state index is -0.825. The molecule has 0 aliphatic rings. The number of fused-ring (bicyclic) bond motifs is 1. The molecule has 5 nitrogen and oxygen atoms in total. The van der Waals surface area contributed by atoms with Gasteiger partial charge in [-0.1, -0.05) is 28.1 Å². The Balaban J connectivity index is 2.37. The number of halogens is 1. The van der Waals surface area contributed by atoms with Crippen molar-refractivity contribution in [2.75, 3.05) is 7.11 Å². The van der Waals surface area contributed by atoms with Crippen molar-refractivity contribution in [3.63, 3.8) is 0 Å². The summed E-state index contributed by atoms with van der Waals surface area (Å²) in [5.41, 5.74) is -0.488. The molecule has 3 rings (SSSR count). The highest BCUT2D eigenvalue weighted by atomic mass is 79.9. The molecule has 0 aliphatic carbocycles. The monoisotopic (exact) mass is 400 g/mol. The van der Waals surface area contributed by atoms with Crippen LogP contribution in [-0.4, -0.2) is 18.7 Å². The van der Waals surface area contributed by atoms with Gasteiger partial charge in [-0.05, 0) is 37.3 Å². The van der Waals surface area contributed by atoms with E-state index in [0.717, 1.165) is 0 Å². The summed E-state index contributed by atoms with van der Waals surface area (Å²) in [6, 6.07) is 11.5. The second-order valence-electron chi connectivity index (χ2n) is 5.40. The second-order valence-corrected chi connectivity index (χ2v) is 6.31. The van der Waals surface area contributed by atoms with E-state index >= 15 is 0 Å². The van der Waals surface area contributed by atoms with E-state index in [9.17, 15) is 14.4 Å². The summed E-state index contributed by atoms with van der Waals surface area (Å²) in [5, 5.41) is 0.395. The van der Waals surface area contributed by atoms with E-state index < -0.39 is 17.2 Å². The molecule has 0 spiro atoms. The quantitative estimate of drug-likeness (QED) is 0.488. The Labute approximate surface area is 151 Å². The van der Waals surface area contributed by atoms with Gasteiger partial charge in [0.2, 0.25) is 0 Å². The van der Waals surface area contributed by atoms with E-state index in [1.54, 1.807) is 42.5 Å². The van der Waals surface area contributed by atoms with Crippen LogP contribution in [0.2, 0.25) is 0 Å². The van der Waals surface area contributed by atoms with Gasteiger partial charge in [0.1, 0.15) is 16.9 Å². The van der Waals surface area contributed by atoms with Crippen molar-refractivity contribution >= 4 is 38.5 Å². The third-order valence-electron chi connectivity index (χ3n) is 3.78. The largest absolute Gasteiger partial charge is 0.497 e. The van der Waals surface area contributed by atoms with Crippen molar-refractivity contribution in [2.45, 2.75) is 6.92 Å². The number of hydrogen-bond acceptors (Lipinski definition) is 5. The highest BCUT2D eigenvalue weighted by Gasteiger charge is 2.25. The number of hydrogen-bond donors (Lipinski definition) is 0. The first-order valence-corrected chi connectivity index (χ1v) is 8.17. The third kappa shape index (κ3) is 3.13. The molecule has 3 aromatic rings. The average Bonchev–Trinajstić information content (AvgIpc) is 2.60. The summed E-state index contributed by atoms with van der Waals surface area (Å²) < 4.78 is 11.0. The summed E-state index contributed by atoms with van der Waals surface area (Å²) in [6.07, 6.45) is 0. The molecule has 0 saturated heterocycles. The van der Waals surface area contributed by atoms with Crippen LogP contribution in [0.4, 0.5) is 0 Å². The molecule has 6 heteroatoms. The molecule has 0 unspecified atom stereocenters. The average molecular weight is 401 g/mol. The van der Waals surface area contributed by atoms with E-state index in [2.05, 4.69) is 15.9 Å². The Kier molecular flexibility index (Phi) is 4.55. The molecule has 126 valence electrons. The van der Waals surface area contributed by atoms with Gasteiger partial charge in [0.25, 0.3) is 0 Å². The molecule has 25 heavy (non-hydrogen) atoms. The predicted molar refractivity (Wildman–Crippen MR) is 96.6 cm³/mol. The summed E-state index contributed by atoms with van der Waals surface area (Å²) in [5.74, 6) is -0.467. The normalized spacial score (nSPS) is 10.7. The SMILES string of the molecule is COc1cccc(C(=O)c2c(C(C)=O)c(=O)oc3ccc(Br)cc23)c1. The highest BCUT2D eigenvalue weighted by molar-refractivity contribution is 9.10. The van der Waals surface area contributed by atoms with Crippen LogP contribution in [0.1, 0.15) is 33.2 Å². The minimum Gasteiger partial charge on any atom is -0.497 e. The first-order chi connectivity index (χ1) is 11.9. The van der Waals surface area contributed by atoms with E-state index in [4.69, 9.17) is 9.15 Å². The van der Waals surface area contributed by atoms with Crippen molar-refractivity contribution in [2.24, 2.45) is 0 Å². The van der Waals surface area contributed by atoms with Crippen LogP contribution >= 0.6 is 15.9 Å². The molecule has 0 amide bonds. The van der Waals surface area contributed by atoms with Crippen molar-refractivity contribution in [1.82, 2.24) is 0 Å². The Hall–Kier alpha value is -2.73. The number of rotatable bonds is 4. The number of Topliss-reactive ketones (excluding diaryl/α,β-unsaturated/α-hetero) is 1. The second kappa shape index (κ2) is 6.64. The van der Waals surface area contributed by atoms with Gasteiger partial charge < -0.3 is 9.15 Å². The van der Waals surface area contributed by atoms with Crippen LogP contribution in [0.5, 0.6) is 5.75 Å². The van der Waals surface area contributed by atoms with Gasteiger partial charge in [0.15, 0.2) is 11.6 Å². The van der Waals surface area contributed by atoms with Crippen LogP contribution in [0, 0.1) is 0 Å². The van der Waals surface area contributed by atoms with Crippen LogP contribution < -0.4 is 10.4 Å². The van der Waals surface area contributed by atoms with E-state index in [0.29, 0.717) is 21.2 Å².